The molecule has 1 aromatic carbocycles. The van der Waals surface area contributed by atoms with Crippen molar-refractivity contribution in [2.75, 3.05) is 32.5 Å². The summed E-state index contributed by atoms with van der Waals surface area (Å²) in [5.74, 6) is 1.58. The van der Waals surface area contributed by atoms with Crippen LogP contribution in [0.2, 0.25) is 0 Å². The van der Waals surface area contributed by atoms with Gasteiger partial charge in [-0.2, -0.15) is 0 Å². The molecule has 0 radical (unpaired) electrons. The number of fused-ring (bicyclic) bond motifs is 1. The molecule has 198 valence electrons. The second-order valence-corrected chi connectivity index (χ2v) is 10.9. The first kappa shape index (κ1) is 27.3. The van der Waals surface area contributed by atoms with Crippen molar-refractivity contribution >= 4 is 28.6 Å². The third-order valence-corrected chi connectivity index (χ3v) is 8.45. The molecule has 6 nitrogen and oxygen atoms in total. The maximum Gasteiger partial charge on any atom is 0.303 e. The smallest absolute Gasteiger partial charge is 0.303 e. The minimum absolute atomic E-state index is 0.167. The molecule has 1 fully saturated rings. The second-order valence-electron chi connectivity index (χ2n) is 9.75. The fourth-order valence-electron chi connectivity index (χ4n) is 5.35. The molecule has 1 aliphatic heterocycles. The highest BCUT2D eigenvalue weighted by Crippen LogP contribution is 2.36. The van der Waals surface area contributed by atoms with Crippen LogP contribution >= 0.6 is 11.8 Å². The number of pyridine rings is 2. The Balaban J connectivity index is 1.32. The van der Waals surface area contributed by atoms with Crippen LogP contribution in [0.1, 0.15) is 50.3 Å². The first-order valence-corrected chi connectivity index (χ1v) is 14.1. The van der Waals surface area contributed by atoms with E-state index in [2.05, 4.69) is 14.9 Å². The molecule has 2 unspecified atom stereocenters. The molecule has 37 heavy (non-hydrogen) atoms. The lowest BCUT2D eigenvalue weighted by atomic mass is 9.79. The summed E-state index contributed by atoms with van der Waals surface area (Å²) >= 11 is 1.84. The average molecular weight is 526 g/mol. The number of nitrogens with zero attached hydrogens (tertiary/aromatic N) is 3. The lowest BCUT2D eigenvalue weighted by Crippen LogP contribution is -2.41. The van der Waals surface area contributed by atoms with E-state index in [-0.39, 0.29) is 12.3 Å². The summed E-state index contributed by atoms with van der Waals surface area (Å²) in [6, 6.07) is 11.4. The summed E-state index contributed by atoms with van der Waals surface area (Å²) in [5, 5.41) is 10.1. The Kier molecular flexibility index (Phi) is 10.1. The Hall–Kier alpha value is -2.71. The van der Waals surface area contributed by atoms with Crippen molar-refractivity contribution < 1.29 is 19.0 Å². The molecule has 4 rings (SSSR count). The van der Waals surface area contributed by atoms with Crippen molar-refractivity contribution in [3.05, 3.63) is 60.6 Å². The molecular weight excluding hydrogens is 489 g/mol. The van der Waals surface area contributed by atoms with Crippen LogP contribution in [0.15, 0.2) is 59.9 Å². The average Bonchev–Trinajstić information content (AvgIpc) is 2.93. The number of hydrogen-bond acceptors (Lipinski definition) is 6. The van der Waals surface area contributed by atoms with Crippen molar-refractivity contribution in [1.29, 1.82) is 0 Å². The molecule has 3 atom stereocenters. The third-order valence-electron chi connectivity index (χ3n) is 7.35. The van der Waals surface area contributed by atoms with Crippen LogP contribution in [0.3, 0.4) is 0 Å². The number of hydrogen-bond donors (Lipinski definition) is 1. The van der Waals surface area contributed by atoms with Crippen molar-refractivity contribution in [2.45, 2.75) is 49.6 Å². The van der Waals surface area contributed by atoms with Crippen LogP contribution in [-0.4, -0.2) is 58.4 Å². The van der Waals surface area contributed by atoms with Gasteiger partial charge in [0.2, 0.25) is 0 Å². The molecule has 0 spiro atoms. The number of thioether (sulfide) groups is 1. The Labute approximate surface area is 222 Å². The van der Waals surface area contributed by atoms with Crippen LogP contribution in [0.25, 0.3) is 10.9 Å². The summed E-state index contributed by atoms with van der Waals surface area (Å²) in [7, 11) is 1.60. The zero-order valence-electron chi connectivity index (χ0n) is 21.4. The zero-order chi connectivity index (χ0) is 26.0. The van der Waals surface area contributed by atoms with Crippen molar-refractivity contribution in [3.63, 3.8) is 0 Å². The predicted molar refractivity (Wildman–Crippen MR) is 146 cm³/mol. The zero-order valence-corrected chi connectivity index (χ0v) is 22.2. The van der Waals surface area contributed by atoms with E-state index in [0.29, 0.717) is 30.1 Å². The van der Waals surface area contributed by atoms with E-state index in [0.717, 1.165) is 55.6 Å². The van der Waals surface area contributed by atoms with E-state index in [1.807, 2.05) is 54.5 Å². The normalized spacial score (nSPS) is 19.1. The number of methoxy groups -OCH3 is 1. The highest BCUT2D eigenvalue weighted by Gasteiger charge is 2.30. The molecule has 1 N–H and O–H groups in total. The van der Waals surface area contributed by atoms with Gasteiger partial charge in [-0.3, -0.25) is 14.8 Å². The second kappa shape index (κ2) is 13.7. The molecule has 1 aliphatic rings. The van der Waals surface area contributed by atoms with E-state index in [9.17, 15) is 9.90 Å². The summed E-state index contributed by atoms with van der Waals surface area (Å²) in [6.07, 6.45) is 8.26. The van der Waals surface area contributed by atoms with Crippen molar-refractivity contribution in [1.82, 2.24) is 14.9 Å². The predicted octanol–water partition coefficient (Wildman–Crippen LogP) is 6.41. The topological polar surface area (TPSA) is 75.5 Å². The number of benzene rings is 1. The van der Waals surface area contributed by atoms with Gasteiger partial charge >= 0.3 is 5.97 Å². The molecule has 2 aromatic heterocycles. The van der Waals surface area contributed by atoms with Gasteiger partial charge in [-0.1, -0.05) is 0 Å². The highest BCUT2D eigenvalue weighted by molar-refractivity contribution is 7.99. The van der Waals surface area contributed by atoms with E-state index in [4.69, 9.17) is 4.74 Å². The number of carboxylic acid groups (broad SMARTS) is 1. The molecule has 0 bridgehead atoms. The quantitative estimate of drug-likeness (QED) is 0.204. The molecule has 0 aliphatic carbocycles. The van der Waals surface area contributed by atoms with Gasteiger partial charge in [0.15, 0.2) is 0 Å². The highest BCUT2D eigenvalue weighted by atomic mass is 32.2. The number of carboxylic acids is 1. The minimum Gasteiger partial charge on any atom is -0.497 e. The number of aromatic nitrogens is 2. The van der Waals surface area contributed by atoms with E-state index >= 15 is 4.39 Å². The van der Waals surface area contributed by atoms with Gasteiger partial charge in [0.05, 0.1) is 12.6 Å². The monoisotopic (exact) mass is 525 g/mol. The number of halogens is 1. The van der Waals surface area contributed by atoms with Crippen LogP contribution in [0.5, 0.6) is 5.75 Å². The van der Waals surface area contributed by atoms with Gasteiger partial charge in [0.25, 0.3) is 0 Å². The Morgan fingerprint density at radius 1 is 1.19 bits per heavy atom. The summed E-state index contributed by atoms with van der Waals surface area (Å²) in [4.78, 5) is 23.4. The van der Waals surface area contributed by atoms with Crippen LogP contribution < -0.4 is 4.74 Å². The molecule has 8 heteroatoms. The van der Waals surface area contributed by atoms with Gasteiger partial charge in [-0.15, -0.1) is 11.8 Å². The Morgan fingerprint density at radius 3 is 2.81 bits per heavy atom. The van der Waals surface area contributed by atoms with E-state index in [1.165, 1.54) is 4.90 Å². The maximum absolute atomic E-state index is 15.5. The van der Waals surface area contributed by atoms with Gasteiger partial charge < -0.3 is 14.7 Å². The lowest BCUT2D eigenvalue weighted by Gasteiger charge is -2.39. The van der Waals surface area contributed by atoms with Crippen molar-refractivity contribution in [2.24, 2.45) is 11.8 Å². The standard InChI is InChI=1S/C29H36FN3O3S/c1-36-23-5-7-28-26(19-23)25(11-15-32-28)27(30)6-3-21-12-17-33(20-22(21)4-8-29(34)35)16-2-18-37-24-9-13-31-14-10-24/h5,7,9-11,13-15,19,21-22,27H,2-4,6,8,12,16-18,20H2,1H3,(H,34,35)/t21?,22?,27-/m0/s1. The first-order valence-electron chi connectivity index (χ1n) is 13.1. The first-order chi connectivity index (χ1) is 18.0. The molecule has 0 amide bonds. The minimum atomic E-state index is -1.10. The van der Waals surface area contributed by atoms with Gasteiger partial charge in [0.1, 0.15) is 11.9 Å². The molecule has 1 saturated heterocycles. The summed E-state index contributed by atoms with van der Waals surface area (Å²) in [6.45, 7) is 2.88. The molecule has 3 aromatic rings. The van der Waals surface area contributed by atoms with Crippen molar-refractivity contribution in [3.8, 4) is 5.75 Å². The number of ether oxygens (including phenoxy) is 1. The largest absolute Gasteiger partial charge is 0.497 e. The molecular formula is C29H36FN3O3S. The van der Waals surface area contributed by atoms with Crippen LogP contribution in [0.4, 0.5) is 4.39 Å². The molecule has 3 heterocycles. The lowest BCUT2D eigenvalue weighted by molar-refractivity contribution is -0.137. The summed E-state index contributed by atoms with van der Waals surface area (Å²) < 4.78 is 20.9. The van der Waals surface area contributed by atoms with Gasteiger partial charge in [-0.25, -0.2) is 4.39 Å². The number of rotatable bonds is 13. The SMILES string of the molecule is COc1ccc2nccc([C@@H](F)CCC3CCN(CCCSc4ccncc4)CC3CCC(=O)O)c2c1. The van der Waals surface area contributed by atoms with E-state index < -0.39 is 12.1 Å². The number of aliphatic carboxylic acids is 1. The summed E-state index contributed by atoms with van der Waals surface area (Å²) in [5.41, 5.74) is 1.41. The third kappa shape index (κ3) is 7.89. The number of carbonyl (C=O) groups is 1. The fraction of sp³-hybridized carbons (Fsp3) is 0.483. The maximum atomic E-state index is 15.5. The van der Waals surface area contributed by atoms with Crippen LogP contribution in [-0.2, 0) is 4.79 Å². The Morgan fingerprint density at radius 2 is 2.03 bits per heavy atom. The van der Waals surface area contributed by atoms with Crippen LogP contribution in [0, 0.1) is 11.8 Å². The fourth-order valence-corrected chi connectivity index (χ4v) is 6.17. The number of alkyl halides is 1. The molecule has 0 saturated carbocycles. The van der Waals surface area contributed by atoms with Gasteiger partial charge in [0, 0.05) is 41.8 Å². The number of piperidine rings is 1. The van der Waals surface area contributed by atoms with E-state index in [1.54, 1.807) is 19.4 Å². The van der Waals surface area contributed by atoms with Gasteiger partial charge in [-0.05, 0) is 105 Å². The Bertz CT molecular complexity index is 1150. The number of likely N-dealkylation sites (tertiary alicyclic amines) is 1.